The quantitative estimate of drug-likeness (QED) is 0.878. The summed E-state index contributed by atoms with van der Waals surface area (Å²) in [5.41, 5.74) is 0.687. The van der Waals surface area contributed by atoms with Gasteiger partial charge in [0.2, 0.25) is 5.91 Å². The zero-order valence-corrected chi connectivity index (χ0v) is 12.2. The molecule has 1 heterocycles. The van der Waals surface area contributed by atoms with Crippen LogP contribution in [0, 0.1) is 0 Å². The first-order valence-electron chi connectivity index (χ1n) is 7.18. The van der Waals surface area contributed by atoms with E-state index in [2.05, 4.69) is 5.32 Å². The third-order valence-electron chi connectivity index (χ3n) is 3.74. The standard InChI is InChI=1S/C15H19F3N2O2/c1-2-12(11-5-3-4-6-13(11)21)19-10-7-14(22)20(8-10)9-15(16,17)18/h3-6,10,12,19,21H,2,7-9H2,1H3/t10-,12+/m1/s1. The zero-order valence-electron chi connectivity index (χ0n) is 12.2. The van der Waals surface area contributed by atoms with Crippen LogP contribution in [0.25, 0.3) is 0 Å². The highest BCUT2D eigenvalue weighted by Crippen LogP contribution is 2.28. The van der Waals surface area contributed by atoms with E-state index in [4.69, 9.17) is 0 Å². The Balaban J connectivity index is 2.01. The lowest BCUT2D eigenvalue weighted by atomic mass is 10.0. The fourth-order valence-electron chi connectivity index (χ4n) is 2.75. The van der Waals surface area contributed by atoms with Crippen LogP contribution in [0.15, 0.2) is 24.3 Å². The topological polar surface area (TPSA) is 52.6 Å². The minimum absolute atomic E-state index is 0.0302. The summed E-state index contributed by atoms with van der Waals surface area (Å²) in [6.07, 6.45) is -3.69. The van der Waals surface area contributed by atoms with Gasteiger partial charge in [0.25, 0.3) is 0 Å². The number of aromatic hydroxyl groups is 1. The van der Waals surface area contributed by atoms with Crippen molar-refractivity contribution in [3.63, 3.8) is 0 Å². The molecule has 122 valence electrons. The van der Waals surface area contributed by atoms with Gasteiger partial charge in [-0.25, -0.2) is 0 Å². The molecule has 2 atom stereocenters. The van der Waals surface area contributed by atoms with Gasteiger partial charge in [0, 0.05) is 30.6 Å². The Morgan fingerprint density at radius 2 is 2.09 bits per heavy atom. The van der Waals surface area contributed by atoms with Crippen LogP contribution in [0.4, 0.5) is 13.2 Å². The molecule has 4 nitrogen and oxygen atoms in total. The minimum Gasteiger partial charge on any atom is -0.508 e. The summed E-state index contributed by atoms with van der Waals surface area (Å²) in [4.78, 5) is 12.5. The number of phenolic OH excluding ortho intramolecular Hbond substituents is 1. The van der Waals surface area contributed by atoms with E-state index in [1.165, 1.54) is 0 Å². The van der Waals surface area contributed by atoms with Crippen molar-refractivity contribution < 1.29 is 23.1 Å². The number of nitrogens with zero attached hydrogens (tertiary/aromatic N) is 1. The van der Waals surface area contributed by atoms with E-state index in [0.717, 1.165) is 4.90 Å². The summed E-state index contributed by atoms with van der Waals surface area (Å²) in [6.45, 7) is 0.730. The van der Waals surface area contributed by atoms with Gasteiger partial charge in [-0.2, -0.15) is 13.2 Å². The maximum atomic E-state index is 12.4. The van der Waals surface area contributed by atoms with Crippen LogP contribution < -0.4 is 5.32 Å². The van der Waals surface area contributed by atoms with Crippen molar-refractivity contribution in [2.24, 2.45) is 0 Å². The molecule has 1 aromatic carbocycles. The molecule has 2 N–H and O–H groups in total. The molecule has 1 amide bonds. The highest BCUT2D eigenvalue weighted by Gasteiger charge is 2.38. The van der Waals surface area contributed by atoms with Crippen molar-refractivity contribution in [1.82, 2.24) is 10.2 Å². The molecule has 1 aliphatic heterocycles. The number of amides is 1. The molecule has 0 spiro atoms. The summed E-state index contributed by atoms with van der Waals surface area (Å²) in [5.74, 6) is -0.361. The van der Waals surface area contributed by atoms with Gasteiger partial charge < -0.3 is 15.3 Å². The Morgan fingerprint density at radius 3 is 2.68 bits per heavy atom. The number of nitrogens with one attached hydrogen (secondary N) is 1. The second-order valence-electron chi connectivity index (χ2n) is 5.48. The number of likely N-dealkylation sites (tertiary alicyclic amines) is 1. The smallest absolute Gasteiger partial charge is 0.406 e. The maximum Gasteiger partial charge on any atom is 0.406 e. The first-order chi connectivity index (χ1) is 10.3. The zero-order chi connectivity index (χ0) is 16.3. The third-order valence-corrected chi connectivity index (χ3v) is 3.74. The van der Waals surface area contributed by atoms with E-state index < -0.39 is 18.6 Å². The van der Waals surface area contributed by atoms with Crippen molar-refractivity contribution in [2.45, 2.75) is 38.0 Å². The number of rotatable bonds is 5. The van der Waals surface area contributed by atoms with Crippen LogP contribution in [0.1, 0.15) is 31.4 Å². The molecule has 1 saturated heterocycles. The molecule has 1 fully saturated rings. The number of alkyl halides is 3. The first-order valence-corrected chi connectivity index (χ1v) is 7.18. The van der Waals surface area contributed by atoms with Crippen LogP contribution in [0.3, 0.4) is 0 Å². The van der Waals surface area contributed by atoms with Gasteiger partial charge in [0.1, 0.15) is 12.3 Å². The van der Waals surface area contributed by atoms with Crippen molar-refractivity contribution >= 4 is 5.91 Å². The average Bonchev–Trinajstić information content (AvgIpc) is 2.75. The molecule has 1 aliphatic rings. The Hall–Kier alpha value is -1.76. The van der Waals surface area contributed by atoms with E-state index in [9.17, 15) is 23.1 Å². The summed E-state index contributed by atoms with van der Waals surface area (Å²) < 4.78 is 37.2. The van der Waals surface area contributed by atoms with Crippen molar-refractivity contribution in [2.75, 3.05) is 13.1 Å². The number of halogens is 3. The highest BCUT2D eigenvalue weighted by atomic mass is 19.4. The largest absolute Gasteiger partial charge is 0.508 e. The number of para-hydroxylation sites is 1. The first kappa shape index (κ1) is 16.6. The Labute approximate surface area is 126 Å². The molecule has 7 heteroatoms. The van der Waals surface area contributed by atoms with Gasteiger partial charge in [0.15, 0.2) is 0 Å². The fourth-order valence-corrected chi connectivity index (χ4v) is 2.75. The molecule has 22 heavy (non-hydrogen) atoms. The van der Waals surface area contributed by atoms with Crippen LogP contribution in [-0.2, 0) is 4.79 Å². The normalized spacial score (nSPS) is 20.5. The number of carbonyl (C=O) groups is 1. The number of hydrogen-bond acceptors (Lipinski definition) is 3. The van der Waals surface area contributed by atoms with E-state index in [0.29, 0.717) is 12.0 Å². The van der Waals surface area contributed by atoms with E-state index in [1.54, 1.807) is 24.3 Å². The molecule has 0 bridgehead atoms. The maximum absolute atomic E-state index is 12.4. The van der Waals surface area contributed by atoms with Gasteiger partial charge in [-0.1, -0.05) is 25.1 Å². The lowest BCUT2D eigenvalue weighted by Crippen LogP contribution is -2.38. The molecular formula is C15H19F3N2O2. The molecular weight excluding hydrogens is 297 g/mol. The van der Waals surface area contributed by atoms with E-state index >= 15 is 0 Å². The van der Waals surface area contributed by atoms with Crippen molar-refractivity contribution in [3.05, 3.63) is 29.8 Å². The van der Waals surface area contributed by atoms with E-state index in [1.807, 2.05) is 6.92 Å². The third kappa shape index (κ3) is 4.13. The van der Waals surface area contributed by atoms with Crippen LogP contribution in [0.5, 0.6) is 5.75 Å². The molecule has 0 unspecified atom stereocenters. The Bertz CT molecular complexity index is 534. The molecule has 0 aromatic heterocycles. The number of hydrogen-bond donors (Lipinski definition) is 2. The van der Waals surface area contributed by atoms with Crippen molar-refractivity contribution in [3.8, 4) is 5.75 Å². The molecule has 0 aliphatic carbocycles. The molecule has 1 aromatic rings. The fraction of sp³-hybridized carbons (Fsp3) is 0.533. The molecule has 2 rings (SSSR count). The number of carbonyl (C=O) groups excluding carboxylic acids is 1. The number of benzene rings is 1. The Kier molecular flexibility index (Phi) is 4.95. The predicted molar refractivity (Wildman–Crippen MR) is 75.3 cm³/mol. The van der Waals surface area contributed by atoms with Crippen molar-refractivity contribution in [1.29, 1.82) is 0 Å². The summed E-state index contributed by atoms with van der Waals surface area (Å²) in [6, 6.07) is 6.27. The minimum atomic E-state index is -4.38. The highest BCUT2D eigenvalue weighted by molar-refractivity contribution is 5.79. The Morgan fingerprint density at radius 1 is 1.41 bits per heavy atom. The van der Waals surface area contributed by atoms with Crippen LogP contribution in [-0.4, -0.2) is 41.2 Å². The average molecular weight is 316 g/mol. The van der Waals surface area contributed by atoms with Crippen LogP contribution >= 0.6 is 0 Å². The van der Waals surface area contributed by atoms with Gasteiger partial charge in [-0.3, -0.25) is 4.79 Å². The summed E-state index contributed by atoms with van der Waals surface area (Å²) in [7, 11) is 0. The lowest BCUT2D eigenvalue weighted by Gasteiger charge is -2.23. The summed E-state index contributed by atoms with van der Waals surface area (Å²) in [5, 5.41) is 13.1. The second kappa shape index (κ2) is 6.56. The molecule has 0 saturated carbocycles. The van der Waals surface area contributed by atoms with E-state index in [-0.39, 0.29) is 30.8 Å². The summed E-state index contributed by atoms with van der Waals surface area (Å²) >= 11 is 0. The van der Waals surface area contributed by atoms with Gasteiger partial charge >= 0.3 is 6.18 Å². The second-order valence-corrected chi connectivity index (χ2v) is 5.48. The molecule has 0 radical (unpaired) electrons. The lowest BCUT2D eigenvalue weighted by molar-refractivity contribution is -0.157. The van der Waals surface area contributed by atoms with Gasteiger partial charge in [0.05, 0.1) is 0 Å². The van der Waals surface area contributed by atoms with Gasteiger partial charge in [-0.15, -0.1) is 0 Å². The SMILES string of the molecule is CC[C@H](N[C@@H]1CC(=O)N(CC(F)(F)F)C1)c1ccccc1O. The van der Waals surface area contributed by atoms with Gasteiger partial charge in [-0.05, 0) is 12.5 Å². The monoisotopic (exact) mass is 316 g/mol. The predicted octanol–water partition coefficient (Wildman–Crippen LogP) is 2.60. The number of phenols is 1. The van der Waals surface area contributed by atoms with Crippen LogP contribution in [0.2, 0.25) is 0 Å².